The normalized spacial score (nSPS) is 13.0. The van der Waals surface area contributed by atoms with Crippen molar-refractivity contribution in [3.8, 4) is 23.0 Å². The van der Waals surface area contributed by atoms with Crippen molar-refractivity contribution in [2.45, 2.75) is 31.8 Å². The van der Waals surface area contributed by atoms with Gasteiger partial charge in [-0.2, -0.15) is 0 Å². The van der Waals surface area contributed by atoms with Crippen molar-refractivity contribution in [3.63, 3.8) is 0 Å². The lowest BCUT2D eigenvalue weighted by Gasteiger charge is -2.17. The number of ether oxygens (including phenoxy) is 2. The van der Waals surface area contributed by atoms with E-state index in [4.69, 9.17) is 9.47 Å². The number of hydrogen-bond donors (Lipinski definition) is 4. The van der Waals surface area contributed by atoms with Crippen molar-refractivity contribution in [3.05, 3.63) is 47.5 Å². The highest BCUT2D eigenvalue weighted by atomic mass is 16.5. The number of carbonyl (C=O) groups excluding carboxylic acids is 1. The lowest BCUT2D eigenvalue weighted by Crippen LogP contribution is -2.25. The third kappa shape index (κ3) is 6.37. The molecule has 0 saturated carbocycles. The molecule has 0 amide bonds. The number of rotatable bonds is 11. The first-order chi connectivity index (χ1) is 13.9. The van der Waals surface area contributed by atoms with E-state index in [1.807, 2.05) is 0 Å². The molecule has 0 aliphatic heterocycles. The number of aliphatic hydroxyl groups excluding tert-OH is 2. The van der Waals surface area contributed by atoms with Gasteiger partial charge < -0.3 is 29.9 Å². The minimum absolute atomic E-state index is 0.00408. The summed E-state index contributed by atoms with van der Waals surface area (Å²) in [6.45, 7) is -0.329. The third-order valence-corrected chi connectivity index (χ3v) is 4.85. The van der Waals surface area contributed by atoms with E-state index in [0.29, 0.717) is 24.3 Å². The van der Waals surface area contributed by atoms with Crippen molar-refractivity contribution < 1.29 is 34.7 Å². The second kappa shape index (κ2) is 10.7. The predicted octanol–water partition coefficient (Wildman–Crippen LogP) is 2.22. The Kier molecular flexibility index (Phi) is 8.30. The van der Waals surface area contributed by atoms with Crippen LogP contribution < -0.4 is 9.47 Å². The molecule has 158 valence electrons. The average molecular weight is 404 g/mol. The van der Waals surface area contributed by atoms with Crippen molar-refractivity contribution in [2.24, 2.45) is 5.92 Å². The Balaban J connectivity index is 1.91. The van der Waals surface area contributed by atoms with Crippen molar-refractivity contribution in [2.75, 3.05) is 20.8 Å². The number of hydrogen-bond acceptors (Lipinski definition) is 7. The summed E-state index contributed by atoms with van der Waals surface area (Å²) >= 11 is 0. The monoisotopic (exact) mass is 404 g/mol. The van der Waals surface area contributed by atoms with Crippen LogP contribution in [0.25, 0.3) is 0 Å². The van der Waals surface area contributed by atoms with Gasteiger partial charge in [-0.05, 0) is 54.7 Å². The molecule has 29 heavy (non-hydrogen) atoms. The van der Waals surface area contributed by atoms with Gasteiger partial charge in [0.15, 0.2) is 23.0 Å². The lowest BCUT2D eigenvalue weighted by molar-refractivity contribution is -0.126. The number of phenols is 2. The van der Waals surface area contributed by atoms with Crippen molar-refractivity contribution in [1.82, 2.24) is 0 Å². The summed E-state index contributed by atoms with van der Waals surface area (Å²) in [5.74, 6) is -0.162. The predicted molar refractivity (Wildman–Crippen MR) is 108 cm³/mol. The van der Waals surface area contributed by atoms with Gasteiger partial charge in [-0.15, -0.1) is 0 Å². The number of Topliss-reactive ketones (excluding diaryl/α,β-unsaturated/α-hetero) is 1. The Morgan fingerprint density at radius 3 is 2.07 bits per heavy atom. The summed E-state index contributed by atoms with van der Waals surface area (Å²) in [4.78, 5) is 12.5. The maximum Gasteiger partial charge on any atom is 0.160 e. The lowest BCUT2D eigenvalue weighted by atomic mass is 9.91. The summed E-state index contributed by atoms with van der Waals surface area (Å²) < 4.78 is 10.1. The molecular formula is C22H28O7. The fourth-order valence-electron chi connectivity index (χ4n) is 3.13. The second-order valence-corrected chi connectivity index (χ2v) is 6.96. The molecule has 4 N–H and O–H groups in total. The van der Waals surface area contributed by atoms with E-state index in [0.717, 1.165) is 11.1 Å². The van der Waals surface area contributed by atoms with Gasteiger partial charge in [0, 0.05) is 12.3 Å². The number of benzene rings is 2. The molecule has 0 aromatic heterocycles. The molecule has 7 heteroatoms. The van der Waals surface area contributed by atoms with Gasteiger partial charge >= 0.3 is 0 Å². The molecule has 0 aliphatic carbocycles. The van der Waals surface area contributed by atoms with E-state index in [2.05, 4.69) is 0 Å². The second-order valence-electron chi connectivity index (χ2n) is 6.96. The zero-order chi connectivity index (χ0) is 21.4. The van der Waals surface area contributed by atoms with Gasteiger partial charge in [0.05, 0.1) is 26.9 Å². The van der Waals surface area contributed by atoms with Crippen LogP contribution in [-0.2, 0) is 17.6 Å². The van der Waals surface area contributed by atoms with Crippen LogP contribution in [0.2, 0.25) is 0 Å². The Labute approximate surface area is 170 Å². The molecule has 2 aromatic carbocycles. The van der Waals surface area contributed by atoms with Crippen LogP contribution in [0, 0.1) is 5.92 Å². The van der Waals surface area contributed by atoms with Crippen LogP contribution >= 0.6 is 0 Å². The first kappa shape index (κ1) is 22.5. The fourth-order valence-corrected chi connectivity index (χ4v) is 3.13. The smallest absolute Gasteiger partial charge is 0.160 e. The highest BCUT2D eigenvalue weighted by Gasteiger charge is 2.22. The maximum atomic E-state index is 12.5. The topological polar surface area (TPSA) is 116 Å². The van der Waals surface area contributed by atoms with E-state index >= 15 is 0 Å². The summed E-state index contributed by atoms with van der Waals surface area (Å²) in [5.41, 5.74) is 1.62. The SMILES string of the molecule is COc1cc(CCC(O)CC(=O)C(CO)Cc2ccc(O)c(OC)c2)ccc1O. The molecule has 2 rings (SSSR count). The largest absolute Gasteiger partial charge is 0.504 e. The Bertz CT molecular complexity index is 819. The third-order valence-electron chi connectivity index (χ3n) is 4.85. The summed E-state index contributed by atoms with van der Waals surface area (Å²) in [5, 5.41) is 39.2. The van der Waals surface area contributed by atoms with Crippen molar-refractivity contribution >= 4 is 5.78 Å². The minimum Gasteiger partial charge on any atom is -0.504 e. The summed E-state index contributed by atoms with van der Waals surface area (Å²) in [7, 11) is 2.90. The minimum atomic E-state index is -0.842. The average Bonchev–Trinajstić information content (AvgIpc) is 2.72. The van der Waals surface area contributed by atoms with E-state index < -0.39 is 12.0 Å². The van der Waals surface area contributed by atoms with Crippen LogP contribution in [0.5, 0.6) is 23.0 Å². The fraction of sp³-hybridized carbons (Fsp3) is 0.409. The number of phenolic OH excluding ortho intramolecular Hbond substituents is 2. The van der Waals surface area contributed by atoms with Crippen LogP contribution in [-0.4, -0.2) is 53.1 Å². The van der Waals surface area contributed by atoms with E-state index in [1.54, 1.807) is 24.3 Å². The molecule has 0 heterocycles. The molecule has 0 spiro atoms. The van der Waals surface area contributed by atoms with Gasteiger partial charge in [0.2, 0.25) is 0 Å². The van der Waals surface area contributed by atoms with Gasteiger partial charge in [-0.3, -0.25) is 4.79 Å². The van der Waals surface area contributed by atoms with Gasteiger partial charge in [-0.25, -0.2) is 0 Å². The van der Waals surface area contributed by atoms with Gasteiger partial charge in [0.1, 0.15) is 5.78 Å². The molecule has 2 unspecified atom stereocenters. The number of aromatic hydroxyl groups is 2. The molecular weight excluding hydrogens is 376 g/mol. The molecule has 0 bridgehead atoms. The Hall–Kier alpha value is -2.77. The molecule has 0 fully saturated rings. The Morgan fingerprint density at radius 2 is 1.52 bits per heavy atom. The summed E-state index contributed by atoms with van der Waals surface area (Å²) in [6, 6.07) is 9.73. The van der Waals surface area contributed by atoms with Crippen LogP contribution in [0.4, 0.5) is 0 Å². The van der Waals surface area contributed by atoms with Crippen LogP contribution in [0.15, 0.2) is 36.4 Å². The molecule has 7 nitrogen and oxygen atoms in total. The summed E-state index contributed by atoms with van der Waals surface area (Å²) in [6.07, 6.45) is 0.268. The molecule has 0 radical (unpaired) electrons. The zero-order valence-corrected chi connectivity index (χ0v) is 16.7. The van der Waals surface area contributed by atoms with Crippen molar-refractivity contribution in [1.29, 1.82) is 0 Å². The molecule has 2 aromatic rings. The number of ketones is 1. The number of aliphatic hydroxyl groups is 2. The highest BCUT2D eigenvalue weighted by Crippen LogP contribution is 2.28. The molecule has 0 aliphatic rings. The van der Waals surface area contributed by atoms with E-state index in [1.165, 1.54) is 26.4 Å². The molecule has 0 saturated heterocycles. The maximum absolute atomic E-state index is 12.5. The van der Waals surface area contributed by atoms with Crippen LogP contribution in [0.3, 0.4) is 0 Å². The highest BCUT2D eigenvalue weighted by molar-refractivity contribution is 5.81. The van der Waals surface area contributed by atoms with Gasteiger partial charge in [0.25, 0.3) is 0 Å². The standard InChI is InChI=1S/C22H28O7/c1-28-21-10-14(4-7-18(21)25)3-6-17(24)12-20(27)16(13-23)9-15-5-8-19(26)22(11-15)29-2/h4-5,7-8,10-11,16-17,23-26H,3,6,9,12-13H2,1-2H3. The molecule has 2 atom stereocenters. The van der Waals surface area contributed by atoms with Gasteiger partial charge in [-0.1, -0.05) is 12.1 Å². The first-order valence-corrected chi connectivity index (χ1v) is 9.41. The van der Waals surface area contributed by atoms with E-state index in [9.17, 15) is 25.2 Å². The van der Waals surface area contributed by atoms with E-state index in [-0.39, 0.29) is 36.7 Å². The quantitative estimate of drug-likeness (QED) is 0.454. The number of carbonyl (C=O) groups is 1. The first-order valence-electron chi connectivity index (χ1n) is 9.41. The number of methoxy groups -OCH3 is 2. The Morgan fingerprint density at radius 1 is 0.966 bits per heavy atom. The van der Waals surface area contributed by atoms with Crippen LogP contribution in [0.1, 0.15) is 24.0 Å². The zero-order valence-electron chi connectivity index (χ0n) is 16.7. The number of aryl methyl sites for hydroxylation is 1.